The van der Waals surface area contributed by atoms with Gasteiger partial charge in [0.1, 0.15) is 0 Å². The molecule has 0 atom stereocenters. The first-order chi connectivity index (χ1) is 8.91. The van der Waals surface area contributed by atoms with E-state index in [9.17, 15) is 18.3 Å². The lowest BCUT2D eigenvalue weighted by Crippen LogP contribution is -2.39. The Labute approximate surface area is 112 Å². The van der Waals surface area contributed by atoms with Gasteiger partial charge in [0.05, 0.1) is 11.0 Å². The Balaban J connectivity index is 2.22. The van der Waals surface area contributed by atoms with Crippen LogP contribution >= 0.6 is 0 Å². The number of aliphatic hydroxyl groups is 1. The highest BCUT2D eigenvalue weighted by atomic mass is 32.2. The van der Waals surface area contributed by atoms with Crippen LogP contribution in [0.15, 0.2) is 29.2 Å². The molecule has 0 aromatic heterocycles. The number of carbonyl (C=O) groups excluding carboxylic acids is 1. The van der Waals surface area contributed by atoms with Crippen molar-refractivity contribution in [2.75, 3.05) is 13.1 Å². The van der Waals surface area contributed by atoms with Gasteiger partial charge in [0.25, 0.3) is 0 Å². The van der Waals surface area contributed by atoms with Gasteiger partial charge in [0, 0.05) is 18.7 Å². The van der Waals surface area contributed by atoms with Crippen molar-refractivity contribution in [1.29, 1.82) is 0 Å². The predicted molar refractivity (Wildman–Crippen MR) is 70.4 cm³/mol. The monoisotopic (exact) mass is 283 g/mol. The number of Topliss-reactive ketones (excluding diaryl/α,β-unsaturated/α-hetero) is 1. The fourth-order valence-corrected chi connectivity index (χ4v) is 3.56. The predicted octanol–water partition coefficient (Wildman–Crippen LogP) is 1.03. The summed E-state index contributed by atoms with van der Waals surface area (Å²) in [6.07, 6.45) is 0.515. The fraction of sp³-hybridized carbons (Fsp3) is 0.462. The molecular formula is C13H17NO4S. The van der Waals surface area contributed by atoms with Gasteiger partial charge in [-0.1, -0.05) is 12.1 Å². The molecule has 1 fully saturated rings. The van der Waals surface area contributed by atoms with Crippen molar-refractivity contribution in [3.63, 3.8) is 0 Å². The third kappa shape index (κ3) is 3.02. The molecule has 1 aliphatic heterocycles. The lowest BCUT2D eigenvalue weighted by molar-refractivity contribution is 0.101. The van der Waals surface area contributed by atoms with E-state index in [0.29, 0.717) is 31.5 Å². The van der Waals surface area contributed by atoms with Crippen LogP contribution in [0.2, 0.25) is 0 Å². The molecule has 0 radical (unpaired) electrons. The van der Waals surface area contributed by atoms with Gasteiger partial charge in [-0.05, 0) is 31.9 Å². The second kappa shape index (κ2) is 5.40. The minimum absolute atomic E-state index is 0.0926. The molecule has 19 heavy (non-hydrogen) atoms. The standard InChI is InChI=1S/C13H17NO4S/c1-10(15)11-2-4-13(5-3-11)19(17,18)14-8-6-12(16)7-9-14/h2-5,12,16H,6-9H2,1H3. The summed E-state index contributed by atoms with van der Waals surface area (Å²) in [6.45, 7) is 2.10. The summed E-state index contributed by atoms with van der Waals surface area (Å²) in [5, 5.41) is 9.40. The van der Waals surface area contributed by atoms with E-state index in [1.165, 1.54) is 35.5 Å². The Morgan fingerprint density at radius 3 is 2.21 bits per heavy atom. The largest absolute Gasteiger partial charge is 0.393 e. The smallest absolute Gasteiger partial charge is 0.243 e. The van der Waals surface area contributed by atoms with Crippen LogP contribution in [0.3, 0.4) is 0 Å². The molecule has 0 spiro atoms. The lowest BCUT2D eigenvalue weighted by atomic mass is 10.1. The molecule has 104 valence electrons. The molecule has 1 N–H and O–H groups in total. The normalized spacial score (nSPS) is 18.4. The zero-order valence-corrected chi connectivity index (χ0v) is 11.6. The van der Waals surface area contributed by atoms with E-state index in [0.717, 1.165) is 0 Å². The van der Waals surface area contributed by atoms with E-state index >= 15 is 0 Å². The van der Waals surface area contributed by atoms with Crippen molar-refractivity contribution in [2.24, 2.45) is 0 Å². The third-order valence-electron chi connectivity index (χ3n) is 3.32. The summed E-state index contributed by atoms with van der Waals surface area (Å²) in [7, 11) is -3.52. The maximum atomic E-state index is 12.3. The van der Waals surface area contributed by atoms with Gasteiger partial charge in [0.15, 0.2) is 5.78 Å². The second-order valence-corrected chi connectivity index (χ2v) is 6.65. The lowest BCUT2D eigenvalue weighted by Gasteiger charge is -2.28. The minimum Gasteiger partial charge on any atom is -0.393 e. The molecule has 5 nitrogen and oxygen atoms in total. The van der Waals surface area contributed by atoms with Crippen molar-refractivity contribution in [2.45, 2.75) is 30.8 Å². The van der Waals surface area contributed by atoms with Crippen LogP contribution in [0.5, 0.6) is 0 Å². The maximum absolute atomic E-state index is 12.3. The molecule has 0 unspecified atom stereocenters. The van der Waals surface area contributed by atoms with Gasteiger partial charge in [-0.15, -0.1) is 0 Å². The SMILES string of the molecule is CC(=O)c1ccc(S(=O)(=O)N2CCC(O)CC2)cc1. The fourth-order valence-electron chi connectivity index (χ4n) is 2.09. The maximum Gasteiger partial charge on any atom is 0.243 e. The first kappa shape index (κ1) is 14.2. The van der Waals surface area contributed by atoms with Crippen LogP contribution in [-0.2, 0) is 10.0 Å². The number of hydrogen-bond acceptors (Lipinski definition) is 4. The zero-order valence-electron chi connectivity index (χ0n) is 10.7. The van der Waals surface area contributed by atoms with Gasteiger partial charge >= 0.3 is 0 Å². The van der Waals surface area contributed by atoms with Crippen LogP contribution in [0, 0.1) is 0 Å². The molecule has 6 heteroatoms. The number of ketones is 1. The first-order valence-corrected chi connectivity index (χ1v) is 7.64. The Morgan fingerprint density at radius 1 is 1.21 bits per heavy atom. The average Bonchev–Trinajstić information content (AvgIpc) is 2.39. The summed E-state index contributed by atoms with van der Waals surface area (Å²) in [5.74, 6) is -0.0926. The second-order valence-electron chi connectivity index (χ2n) is 4.72. The number of nitrogens with zero attached hydrogens (tertiary/aromatic N) is 1. The highest BCUT2D eigenvalue weighted by Gasteiger charge is 2.28. The quantitative estimate of drug-likeness (QED) is 0.841. The van der Waals surface area contributed by atoms with E-state index < -0.39 is 16.1 Å². The molecule has 1 saturated heterocycles. The Morgan fingerprint density at radius 2 is 1.74 bits per heavy atom. The Hall–Kier alpha value is -1.24. The van der Waals surface area contributed by atoms with E-state index in [-0.39, 0.29) is 10.7 Å². The molecule has 2 rings (SSSR count). The van der Waals surface area contributed by atoms with E-state index in [2.05, 4.69) is 0 Å². The van der Waals surface area contributed by atoms with Crippen molar-refractivity contribution < 1.29 is 18.3 Å². The van der Waals surface area contributed by atoms with Crippen molar-refractivity contribution in [1.82, 2.24) is 4.31 Å². The highest BCUT2D eigenvalue weighted by molar-refractivity contribution is 7.89. The Kier molecular flexibility index (Phi) is 4.03. The summed E-state index contributed by atoms with van der Waals surface area (Å²) in [5.41, 5.74) is 0.494. The summed E-state index contributed by atoms with van der Waals surface area (Å²) >= 11 is 0. The van der Waals surface area contributed by atoms with Crippen molar-refractivity contribution >= 4 is 15.8 Å². The third-order valence-corrected chi connectivity index (χ3v) is 5.23. The van der Waals surface area contributed by atoms with Gasteiger partial charge in [0.2, 0.25) is 10.0 Å². The van der Waals surface area contributed by atoms with E-state index in [1.807, 2.05) is 0 Å². The average molecular weight is 283 g/mol. The van der Waals surface area contributed by atoms with Gasteiger partial charge in [-0.25, -0.2) is 8.42 Å². The number of hydrogen-bond donors (Lipinski definition) is 1. The molecular weight excluding hydrogens is 266 g/mol. The zero-order chi connectivity index (χ0) is 14.0. The topological polar surface area (TPSA) is 74.7 Å². The van der Waals surface area contributed by atoms with E-state index in [4.69, 9.17) is 0 Å². The van der Waals surface area contributed by atoms with Gasteiger partial charge in [-0.3, -0.25) is 4.79 Å². The summed E-state index contributed by atoms with van der Waals surface area (Å²) in [6, 6.07) is 5.95. The number of piperidine rings is 1. The number of benzene rings is 1. The summed E-state index contributed by atoms with van der Waals surface area (Å²) < 4.78 is 26.0. The molecule has 0 saturated carbocycles. The molecule has 1 heterocycles. The first-order valence-electron chi connectivity index (χ1n) is 6.20. The van der Waals surface area contributed by atoms with Crippen molar-refractivity contribution in [3.05, 3.63) is 29.8 Å². The number of rotatable bonds is 3. The van der Waals surface area contributed by atoms with Crippen LogP contribution < -0.4 is 0 Å². The van der Waals surface area contributed by atoms with Crippen LogP contribution in [0.1, 0.15) is 30.1 Å². The number of aliphatic hydroxyl groups excluding tert-OH is 1. The molecule has 0 bridgehead atoms. The highest BCUT2D eigenvalue weighted by Crippen LogP contribution is 2.21. The minimum atomic E-state index is -3.52. The number of carbonyl (C=O) groups is 1. The van der Waals surface area contributed by atoms with E-state index in [1.54, 1.807) is 0 Å². The molecule has 0 amide bonds. The molecule has 1 aromatic carbocycles. The van der Waals surface area contributed by atoms with Gasteiger partial charge < -0.3 is 5.11 Å². The molecule has 1 aliphatic rings. The van der Waals surface area contributed by atoms with Crippen molar-refractivity contribution in [3.8, 4) is 0 Å². The van der Waals surface area contributed by atoms with Crippen LogP contribution in [0.4, 0.5) is 0 Å². The van der Waals surface area contributed by atoms with Gasteiger partial charge in [-0.2, -0.15) is 4.31 Å². The summed E-state index contributed by atoms with van der Waals surface area (Å²) in [4.78, 5) is 11.3. The number of sulfonamides is 1. The molecule has 1 aromatic rings. The molecule has 0 aliphatic carbocycles. The van der Waals surface area contributed by atoms with Crippen LogP contribution in [0.25, 0.3) is 0 Å². The Bertz CT molecular complexity index is 557. The van der Waals surface area contributed by atoms with Crippen LogP contribution in [-0.4, -0.2) is 42.8 Å².